The molecule has 0 radical (unpaired) electrons. The normalized spacial score (nSPS) is 21.1. The van der Waals surface area contributed by atoms with Crippen LogP contribution in [0.4, 0.5) is 0 Å². The van der Waals surface area contributed by atoms with Gasteiger partial charge < -0.3 is 10.1 Å². The zero-order valence-corrected chi connectivity index (χ0v) is 16.9. The summed E-state index contributed by atoms with van der Waals surface area (Å²) < 4.78 is 6.73. The molecule has 2 heterocycles. The lowest BCUT2D eigenvalue weighted by Crippen LogP contribution is -2.47. The number of hydrogen-bond acceptors (Lipinski definition) is 3. The van der Waals surface area contributed by atoms with E-state index in [9.17, 15) is 0 Å². The zero-order valence-electron chi connectivity index (χ0n) is 13.0. The molecule has 0 spiro atoms. The molecule has 1 N–H and O–H groups in total. The second-order valence-corrected chi connectivity index (χ2v) is 7.14. The van der Waals surface area contributed by atoms with Crippen LogP contribution in [-0.2, 0) is 4.74 Å². The molecule has 0 unspecified atom stereocenters. The first kappa shape index (κ1) is 21.5. The second-order valence-electron chi connectivity index (χ2n) is 5.85. The summed E-state index contributed by atoms with van der Waals surface area (Å²) in [6.07, 6.45) is 2.26. The van der Waals surface area contributed by atoms with Gasteiger partial charge >= 0.3 is 0 Å². The van der Waals surface area contributed by atoms with Gasteiger partial charge in [0.15, 0.2) is 0 Å². The molecule has 3 nitrogen and oxygen atoms in total. The molecule has 2 fully saturated rings. The Morgan fingerprint density at radius 2 is 1.83 bits per heavy atom. The van der Waals surface area contributed by atoms with Gasteiger partial charge in [-0.05, 0) is 42.5 Å². The van der Waals surface area contributed by atoms with Crippen LogP contribution in [0.3, 0.4) is 0 Å². The predicted molar refractivity (Wildman–Crippen MR) is 104 cm³/mol. The molecule has 2 aliphatic heterocycles. The monoisotopic (exact) mass is 444 g/mol. The first-order chi connectivity index (χ1) is 10.3. The van der Waals surface area contributed by atoms with Crippen LogP contribution < -0.4 is 5.32 Å². The van der Waals surface area contributed by atoms with Crippen molar-refractivity contribution >= 4 is 52.3 Å². The predicted octanol–water partition coefficient (Wildman–Crippen LogP) is 4.32. The van der Waals surface area contributed by atoms with Crippen molar-refractivity contribution in [2.75, 3.05) is 39.4 Å². The van der Waals surface area contributed by atoms with E-state index in [1.165, 1.54) is 10.0 Å². The zero-order chi connectivity index (χ0) is 14.7. The average Bonchev–Trinajstić information content (AvgIpc) is 2.53. The molecule has 2 saturated heterocycles. The molecular weight excluding hydrogens is 422 g/mol. The highest BCUT2D eigenvalue weighted by Crippen LogP contribution is 2.39. The van der Waals surface area contributed by atoms with Crippen molar-refractivity contribution in [2.45, 2.75) is 18.9 Å². The molecule has 2 aliphatic rings. The molecule has 23 heavy (non-hydrogen) atoms. The lowest BCUT2D eigenvalue weighted by Gasteiger charge is -2.41. The SMILES string of the molecule is Cl.Cl.Clc1ccc(Br)c([C@@H](C2CCOCC2)N2CCNCC2)c1. The van der Waals surface area contributed by atoms with Gasteiger partial charge in [-0.1, -0.05) is 27.5 Å². The standard InChI is InChI=1S/C16H22BrClN2O.2ClH/c17-15-2-1-13(18)11-14(15)16(12-3-9-21-10-4-12)20-7-5-19-6-8-20;;/h1-2,11-12,16,19H,3-10H2;2*1H/t16-;;/m1../s1. The van der Waals surface area contributed by atoms with Crippen LogP contribution in [0.25, 0.3) is 0 Å². The van der Waals surface area contributed by atoms with Crippen molar-refractivity contribution in [2.24, 2.45) is 5.92 Å². The fourth-order valence-electron chi connectivity index (χ4n) is 3.48. The number of piperazine rings is 1. The summed E-state index contributed by atoms with van der Waals surface area (Å²) in [7, 11) is 0. The Kier molecular flexibility index (Phi) is 9.76. The molecular formula is C16H24BrCl3N2O. The van der Waals surface area contributed by atoms with Crippen LogP contribution in [0.1, 0.15) is 24.4 Å². The number of halogens is 4. The van der Waals surface area contributed by atoms with Crippen LogP contribution >= 0.6 is 52.3 Å². The Hall–Kier alpha value is 0.450. The number of benzene rings is 1. The van der Waals surface area contributed by atoms with Crippen molar-refractivity contribution < 1.29 is 4.74 Å². The lowest BCUT2D eigenvalue weighted by molar-refractivity contribution is 0.0211. The molecule has 7 heteroatoms. The minimum atomic E-state index is 0. The van der Waals surface area contributed by atoms with E-state index in [2.05, 4.69) is 38.3 Å². The van der Waals surface area contributed by atoms with Crippen molar-refractivity contribution in [1.82, 2.24) is 10.2 Å². The summed E-state index contributed by atoms with van der Waals surface area (Å²) in [5.41, 5.74) is 1.33. The van der Waals surface area contributed by atoms with Crippen LogP contribution in [0.15, 0.2) is 22.7 Å². The molecule has 3 rings (SSSR count). The summed E-state index contributed by atoms with van der Waals surface area (Å²) in [5.74, 6) is 0.645. The van der Waals surface area contributed by atoms with Crippen LogP contribution in [0.2, 0.25) is 5.02 Å². The summed E-state index contributed by atoms with van der Waals surface area (Å²) >= 11 is 9.99. The van der Waals surface area contributed by atoms with Gasteiger partial charge in [-0.3, -0.25) is 4.90 Å². The van der Waals surface area contributed by atoms with Crippen molar-refractivity contribution in [1.29, 1.82) is 0 Å². The second kappa shape index (κ2) is 10.4. The van der Waals surface area contributed by atoms with Gasteiger partial charge in [0.05, 0.1) is 0 Å². The van der Waals surface area contributed by atoms with Gasteiger partial charge in [0, 0.05) is 54.9 Å². The third-order valence-electron chi connectivity index (χ3n) is 4.53. The fraction of sp³-hybridized carbons (Fsp3) is 0.625. The van der Waals surface area contributed by atoms with Crippen molar-refractivity contribution in [3.05, 3.63) is 33.3 Å². The molecule has 1 atom stereocenters. The van der Waals surface area contributed by atoms with E-state index in [-0.39, 0.29) is 24.8 Å². The quantitative estimate of drug-likeness (QED) is 0.749. The summed E-state index contributed by atoms with van der Waals surface area (Å²) in [6, 6.07) is 6.59. The maximum atomic E-state index is 6.26. The Morgan fingerprint density at radius 3 is 2.48 bits per heavy atom. The summed E-state index contributed by atoms with van der Waals surface area (Å²) in [5, 5.41) is 4.27. The number of hydrogen-bond donors (Lipinski definition) is 1. The number of rotatable bonds is 3. The van der Waals surface area contributed by atoms with E-state index in [1.807, 2.05) is 6.07 Å². The smallest absolute Gasteiger partial charge is 0.0469 e. The van der Waals surface area contributed by atoms with Crippen molar-refractivity contribution in [3.63, 3.8) is 0 Å². The molecule has 0 aromatic heterocycles. The van der Waals surface area contributed by atoms with Gasteiger partial charge in [-0.25, -0.2) is 0 Å². The minimum Gasteiger partial charge on any atom is -0.381 e. The van der Waals surface area contributed by atoms with Gasteiger partial charge in [-0.15, -0.1) is 24.8 Å². The van der Waals surface area contributed by atoms with E-state index in [0.29, 0.717) is 12.0 Å². The molecule has 0 aliphatic carbocycles. The van der Waals surface area contributed by atoms with Gasteiger partial charge in [0.25, 0.3) is 0 Å². The Labute approximate surface area is 164 Å². The highest BCUT2D eigenvalue weighted by atomic mass is 79.9. The highest BCUT2D eigenvalue weighted by molar-refractivity contribution is 9.10. The average molecular weight is 447 g/mol. The van der Waals surface area contributed by atoms with E-state index < -0.39 is 0 Å². The molecule has 1 aromatic carbocycles. The maximum Gasteiger partial charge on any atom is 0.0469 e. The van der Waals surface area contributed by atoms with Crippen LogP contribution in [0, 0.1) is 5.92 Å². The van der Waals surface area contributed by atoms with E-state index >= 15 is 0 Å². The highest BCUT2D eigenvalue weighted by Gasteiger charge is 2.32. The van der Waals surface area contributed by atoms with E-state index in [0.717, 1.165) is 57.3 Å². The molecule has 1 aromatic rings. The Morgan fingerprint density at radius 1 is 1.17 bits per heavy atom. The molecule has 132 valence electrons. The third kappa shape index (κ3) is 5.46. The van der Waals surface area contributed by atoms with Crippen LogP contribution in [0.5, 0.6) is 0 Å². The lowest BCUT2D eigenvalue weighted by atomic mass is 9.85. The van der Waals surface area contributed by atoms with Crippen LogP contribution in [-0.4, -0.2) is 44.3 Å². The Bertz CT molecular complexity index is 462. The molecule has 0 saturated carbocycles. The Balaban J connectivity index is 0.00000132. The molecule has 0 bridgehead atoms. The van der Waals surface area contributed by atoms with E-state index in [1.54, 1.807) is 0 Å². The number of nitrogens with zero attached hydrogens (tertiary/aromatic N) is 1. The topological polar surface area (TPSA) is 24.5 Å². The maximum absolute atomic E-state index is 6.26. The van der Waals surface area contributed by atoms with Gasteiger partial charge in [0.2, 0.25) is 0 Å². The van der Waals surface area contributed by atoms with Gasteiger partial charge in [0.1, 0.15) is 0 Å². The van der Waals surface area contributed by atoms with E-state index in [4.69, 9.17) is 16.3 Å². The first-order valence-electron chi connectivity index (χ1n) is 7.73. The van der Waals surface area contributed by atoms with Gasteiger partial charge in [-0.2, -0.15) is 0 Å². The van der Waals surface area contributed by atoms with Crippen molar-refractivity contribution in [3.8, 4) is 0 Å². The summed E-state index contributed by atoms with van der Waals surface area (Å²) in [4.78, 5) is 2.61. The largest absolute Gasteiger partial charge is 0.381 e. The fourth-order valence-corrected chi connectivity index (χ4v) is 4.14. The first-order valence-corrected chi connectivity index (χ1v) is 8.90. The number of nitrogens with one attached hydrogen (secondary N) is 1. The third-order valence-corrected chi connectivity index (χ3v) is 5.49. The number of ether oxygens (including phenoxy) is 1. The summed E-state index contributed by atoms with van der Waals surface area (Å²) in [6.45, 7) is 6.09. The molecule has 0 amide bonds. The minimum absolute atomic E-state index is 0.